The molecule has 2 nitrogen and oxygen atoms in total. The Balaban J connectivity index is 1.51. The van der Waals surface area contributed by atoms with Crippen molar-refractivity contribution in [1.29, 1.82) is 0 Å². The van der Waals surface area contributed by atoms with Crippen LogP contribution in [0.3, 0.4) is 0 Å². The van der Waals surface area contributed by atoms with Gasteiger partial charge in [0.05, 0.1) is 5.41 Å². The normalized spacial score (nSPS) is 35.3. The Morgan fingerprint density at radius 1 is 1.09 bits per heavy atom. The van der Waals surface area contributed by atoms with E-state index in [1.807, 2.05) is 26.0 Å². The van der Waals surface area contributed by atoms with Crippen LogP contribution in [0.15, 0.2) is 28.7 Å². The number of carbonyl (C=O) groups excluding carboxylic acids is 1. The molecule has 0 spiro atoms. The van der Waals surface area contributed by atoms with Crippen molar-refractivity contribution in [3.8, 4) is 0 Å². The van der Waals surface area contributed by atoms with Crippen molar-refractivity contribution in [2.45, 2.75) is 57.4 Å². The fourth-order valence-electron chi connectivity index (χ4n) is 5.50. The highest BCUT2D eigenvalue weighted by Crippen LogP contribution is 2.53. The molecule has 0 aliphatic heterocycles. The number of nitrogens with one attached hydrogen (secondary N) is 1. The van der Waals surface area contributed by atoms with E-state index in [-0.39, 0.29) is 5.91 Å². The van der Waals surface area contributed by atoms with Crippen LogP contribution in [-0.2, 0) is 10.2 Å². The summed E-state index contributed by atoms with van der Waals surface area (Å²) in [6.45, 7) is 4.08. The monoisotopic (exact) mass is 375 g/mol. The van der Waals surface area contributed by atoms with Gasteiger partial charge in [0.15, 0.2) is 0 Å². The highest BCUT2D eigenvalue weighted by atomic mass is 79.9. The van der Waals surface area contributed by atoms with Crippen molar-refractivity contribution >= 4 is 21.8 Å². The van der Waals surface area contributed by atoms with Crippen LogP contribution < -0.4 is 5.32 Å². The minimum atomic E-state index is -0.488. The molecule has 0 radical (unpaired) electrons. The molecule has 0 saturated heterocycles. The Morgan fingerprint density at radius 3 is 2.26 bits per heavy atom. The van der Waals surface area contributed by atoms with E-state index < -0.39 is 5.41 Å². The first-order valence-corrected chi connectivity index (χ1v) is 9.80. The second-order valence-electron chi connectivity index (χ2n) is 8.57. The lowest BCUT2D eigenvalue weighted by Gasteiger charge is -2.54. The van der Waals surface area contributed by atoms with Crippen LogP contribution in [0.25, 0.3) is 0 Å². The van der Waals surface area contributed by atoms with Gasteiger partial charge in [-0.25, -0.2) is 0 Å². The van der Waals surface area contributed by atoms with Crippen LogP contribution in [0, 0.1) is 23.7 Å². The number of hydrogen-bond donors (Lipinski definition) is 1. The molecular formula is C20H26BrNO. The molecule has 0 heterocycles. The number of halogens is 1. The third-order valence-electron chi connectivity index (χ3n) is 6.64. The van der Waals surface area contributed by atoms with Crippen LogP contribution in [0.1, 0.15) is 51.5 Å². The summed E-state index contributed by atoms with van der Waals surface area (Å²) in [6.07, 6.45) is 6.83. The van der Waals surface area contributed by atoms with Gasteiger partial charge in [0.2, 0.25) is 5.91 Å². The van der Waals surface area contributed by atoms with Crippen LogP contribution in [0.4, 0.5) is 0 Å². The van der Waals surface area contributed by atoms with E-state index in [0.717, 1.165) is 33.7 Å². The van der Waals surface area contributed by atoms with Gasteiger partial charge in [-0.05, 0) is 87.3 Å². The lowest BCUT2D eigenvalue weighted by atomic mass is 9.54. The quantitative estimate of drug-likeness (QED) is 0.816. The second kappa shape index (κ2) is 5.61. The van der Waals surface area contributed by atoms with Crippen molar-refractivity contribution < 1.29 is 4.79 Å². The van der Waals surface area contributed by atoms with Crippen molar-refractivity contribution in [1.82, 2.24) is 5.32 Å². The second-order valence-corrected chi connectivity index (χ2v) is 9.48. The number of benzene rings is 1. The highest BCUT2D eigenvalue weighted by Gasteiger charge is 2.49. The lowest BCUT2D eigenvalue weighted by Crippen LogP contribution is -2.58. The molecule has 1 aromatic carbocycles. The Labute approximate surface area is 147 Å². The molecule has 23 heavy (non-hydrogen) atoms. The van der Waals surface area contributed by atoms with Gasteiger partial charge in [0.25, 0.3) is 0 Å². The van der Waals surface area contributed by atoms with Gasteiger partial charge in [-0.2, -0.15) is 0 Å². The summed E-state index contributed by atoms with van der Waals surface area (Å²) < 4.78 is 1.03. The third kappa shape index (κ3) is 2.75. The van der Waals surface area contributed by atoms with Crippen molar-refractivity contribution in [3.63, 3.8) is 0 Å². The van der Waals surface area contributed by atoms with E-state index in [2.05, 4.69) is 33.4 Å². The Kier molecular flexibility index (Phi) is 3.83. The molecule has 0 aromatic heterocycles. The average Bonchev–Trinajstić information content (AvgIpc) is 2.50. The van der Waals surface area contributed by atoms with Gasteiger partial charge < -0.3 is 5.32 Å². The summed E-state index contributed by atoms with van der Waals surface area (Å²) in [7, 11) is 0. The number of rotatable bonds is 3. The van der Waals surface area contributed by atoms with E-state index in [9.17, 15) is 4.79 Å². The van der Waals surface area contributed by atoms with Crippen molar-refractivity contribution in [2.24, 2.45) is 23.7 Å². The maximum atomic E-state index is 13.0. The molecule has 4 aliphatic carbocycles. The first-order chi connectivity index (χ1) is 10.9. The van der Waals surface area contributed by atoms with E-state index in [4.69, 9.17) is 0 Å². The first kappa shape index (κ1) is 15.7. The minimum absolute atomic E-state index is 0.188. The summed E-state index contributed by atoms with van der Waals surface area (Å²) in [5, 5.41) is 3.47. The lowest BCUT2D eigenvalue weighted by molar-refractivity contribution is -0.129. The van der Waals surface area contributed by atoms with Gasteiger partial charge in [-0.3, -0.25) is 4.79 Å². The Hall–Kier alpha value is -0.830. The van der Waals surface area contributed by atoms with Crippen LogP contribution >= 0.6 is 15.9 Å². The van der Waals surface area contributed by atoms with Gasteiger partial charge in [-0.1, -0.05) is 28.1 Å². The molecule has 3 heteroatoms. The Bertz CT molecular complexity index is 596. The number of hydrogen-bond acceptors (Lipinski definition) is 1. The van der Waals surface area contributed by atoms with E-state index in [0.29, 0.717) is 6.04 Å². The van der Waals surface area contributed by atoms with Crippen molar-refractivity contribution in [2.75, 3.05) is 0 Å². The van der Waals surface area contributed by atoms with Crippen LogP contribution in [-0.4, -0.2) is 11.9 Å². The maximum absolute atomic E-state index is 13.0. The molecule has 1 amide bonds. The molecular weight excluding hydrogens is 350 g/mol. The molecule has 4 bridgehead atoms. The van der Waals surface area contributed by atoms with Crippen LogP contribution in [0.5, 0.6) is 0 Å². The zero-order valence-electron chi connectivity index (χ0n) is 14.0. The summed E-state index contributed by atoms with van der Waals surface area (Å²) in [5.41, 5.74) is 0.589. The van der Waals surface area contributed by atoms with Gasteiger partial charge in [-0.15, -0.1) is 0 Å². The fourth-order valence-corrected chi connectivity index (χ4v) is 5.90. The molecule has 0 atom stereocenters. The highest BCUT2D eigenvalue weighted by molar-refractivity contribution is 9.10. The van der Waals surface area contributed by atoms with Crippen molar-refractivity contribution in [3.05, 3.63) is 34.3 Å². The molecule has 124 valence electrons. The average molecular weight is 376 g/mol. The summed E-state index contributed by atoms with van der Waals surface area (Å²) in [4.78, 5) is 13.0. The van der Waals surface area contributed by atoms with Gasteiger partial charge in [0.1, 0.15) is 0 Å². The minimum Gasteiger partial charge on any atom is -0.352 e. The van der Waals surface area contributed by atoms with Crippen LogP contribution in [0.2, 0.25) is 0 Å². The zero-order valence-corrected chi connectivity index (χ0v) is 15.6. The largest absolute Gasteiger partial charge is 0.352 e. The van der Waals surface area contributed by atoms with E-state index in [1.165, 1.54) is 32.1 Å². The molecule has 4 aliphatic rings. The van der Waals surface area contributed by atoms with E-state index >= 15 is 0 Å². The maximum Gasteiger partial charge on any atom is 0.230 e. The molecule has 1 aromatic rings. The molecule has 4 fully saturated rings. The predicted octanol–water partition coefficient (Wildman–Crippen LogP) is 4.67. The zero-order chi connectivity index (χ0) is 16.2. The summed E-state index contributed by atoms with van der Waals surface area (Å²) in [6, 6.07) is 8.56. The number of carbonyl (C=O) groups is 1. The van der Waals surface area contributed by atoms with E-state index in [1.54, 1.807) is 0 Å². The summed E-state index contributed by atoms with van der Waals surface area (Å²) >= 11 is 3.52. The van der Waals surface area contributed by atoms with Gasteiger partial charge in [0, 0.05) is 10.5 Å². The first-order valence-electron chi connectivity index (χ1n) is 9.00. The molecule has 0 unspecified atom stereocenters. The predicted molar refractivity (Wildman–Crippen MR) is 96.1 cm³/mol. The number of amides is 1. The summed E-state index contributed by atoms with van der Waals surface area (Å²) in [5.74, 6) is 3.54. The topological polar surface area (TPSA) is 29.1 Å². The SMILES string of the molecule is CC(C)(C(=O)NC1C2CC3CC(C2)CC1C3)c1cccc(Br)c1. The third-order valence-corrected chi connectivity index (χ3v) is 7.13. The standard InChI is InChI=1S/C20H26BrNO/c1-20(2,16-4-3-5-17(21)11-16)19(23)22-18-14-7-12-6-13(9-14)10-15(18)8-12/h3-5,11-15,18H,6-10H2,1-2H3,(H,22,23). The fraction of sp³-hybridized carbons (Fsp3) is 0.650. The van der Waals surface area contributed by atoms with Gasteiger partial charge >= 0.3 is 0 Å². The molecule has 5 rings (SSSR count). The molecule has 1 N–H and O–H groups in total. The smallest absolute Gasteiger partial charge is 0.230 e. The molecule has 4 saturated carbocycles. The Morgan fingerprint density at radius 2 is 1.70 bits per heavy atom.